The number of aromatic nitrogens is 2. The van der Waals surface area contributed by atoms with Crippen molar-refractivity contribution in [1.82, 2.24) is 20.4 Å². The van der Waals surface area contributed by atoms with Gasteiger partial charge in [-0.3, -0.25) is 0 Å². The van der Waals surface area contributed by atoms with Gasteiger partial charge >= 0.3 is 6.43 Å². The summed E-state index contributed by atoms with van der Waals surface area (Å²) in [6.45, 7) is 3.44. The number of anilines is 1. The summed E-state index contributed by atoms with van der Waals surface area (Å²) in [5.74, 6) is -2.23. The Labute approximate surface area is 202 Å². The van der Waals surface area contributed by atoms with Crippen LogP contribution in [0.15, 0.2) is 40.8 Å². The molecule has 0 amide bonds. The molecule has 178 valence electrons. The van der Waals surface area contributed by atoms with Crippen LogP contribution in [0.1, 0.15) is 17.9 Å². The van der Waals surface area contributed by atoms with Crippen LogP contribution in [0.4, 0.5) is 23.2 Å². The van der Waals surface area contributed by atoms with E-state index in [1.807, 2.05) is 4.90 Å². The van der Waals surface area contributed by atoms with E-state index >= 15 is 4.39 Å². The van der Waals surface area contributed by atoms with Gasteiger partial charge in [0.15, 0.2) is 5.11 Å². The highest BCUT2D eigenvalue weighted by Crippen LogP contribution is 2.36. The van der Waals surface area contributed by atoms with E-state index in [2.05, 4.69) is 15.5 Å². The number of rotatable bonds is 5. The van der Waals surface area contributed by atoms with Crippen LogP contribution in [0.2, 0.25) is 5.02 Å². The Morgan fingerprint density at radius 1 is 1.15 bits per heavy atom. The van der Waals surface area contributed by atoms with Gasteiger partial charge in [-0.05, 0) is 42.5 Å². The van der Waals surface area contributed by atoms with E-state index < -0.39 is 24.0 Å². The monoisotopic (exact) mass is 511 g/mol. The number of thiocarbonyl (C=S) groups is 1. The Morgan fingerprint density at radius 2 is 1.91 bits per heavy atom. The van der Waals surface area contributed by atoms with Crippen molar-refractivity contribution >= 4 is 34.6 Å². The number of likely N-dealkylation sites (tertiary alicyclic amines) is 1. The SMILES string of the molecule is Fc1ccc(N(Cc2ccc(-c3nnc(C(F)F)o3)cc2F)C(=S)N2CC3(CNC3)C2)cc1Cl. The average molecular weight is 512 g/mol. The molecule has 3 aromatic rings. The molecule has 34 heavy (non-hydrogen) atoms. The molecule has 2 aliphatic heterocycles. The van der Waals surface area contributed by atoms with Crippen molar-refractivity contribution in [2.75, 3.05) is 31.1 Å². The molecule has 2 aliphatic rings. The molecule has 0 aliphatic carbocycles. The smallest absolute Gasteiger partial charge is 0.314 e. The van der Waals surface area contributed by atoms with Crippen molar-refractivity contribution in [2.24, 2.45) is 5.41 Å². The Morgan fingerprint density at radius 3 is 2.50 bits per heavy atom. The molecule has 1 spiro atoms. The topological polar surface area (TPSA) is 57.4 Å². The predicted octanol–water partition coefficient (Wildman–Crippen LogP) is 4.80. The van der Waals surface area contributed by atoms with Gasteiger partial charge in [-0.15, -0.1) is 10.2 Å². The lowest BCUT2D eigenvalue weighted by atomic mass is 9.75. The third-order valence-electron chi connectivity index (χ3n) is 6.02. The van der Waals surface area contributed by atoms with Crippen LogP contribution in [-0.4, -0.2) is 46.4 Å². The largest absolute Gasteiger partial charge is 0.415 e. The van der Waals surface area contributed by atoms with Gasteiger partial charge in [-0.2, -0.15) is 8.78 Å². The molecular formula is C22H18ClF4N5OS. The zero-order valence-electron chi connectivity index (χ0n) is 17.6. The number of benzene rings is 2. The van der Waals surface area contributed by atoms with Gasteiger partial charge in [0.2, 0.25) is 5.89 Å². The van der Waals surface area contributed by atoms with Crippen LogP contribution in [-0.2, 0) is 6.54 Å². The highest BCUT2D eigenvalue weighted by atomic mass is 35.5. The van der Waals surface area contributed by atoms with Gasteiger partial charge in [-0.1, -0.05) is 17.7 Å². The van der Waals surface area contributed by atoms with E-state index in [4.69, 9.17) is 28.2 Å². The lowest BCUT2D eigenvalue weighted by Gasteiger charge is -2.57. The second kappa shape index (κ2) is 8.79. The van der Waals surface area contributed by atoms with Crippen molar-refractivity contribution in [2.45, 2.75) is 13.0 Å². The molecule has 2 aromatic carbocycles. The molecular weight excluding hydrogens is 494 g/mol. The Balaban J connectivity index is 1.41. The Bertz CT molecular complexity index is 1240. The van der Waals surface area contributed by atoms with Crippen LogP contribution >= 0.6 is 23.8 Å². The average Bonchev–Trinajstić information content (AvgIpc) is 3.23. The molecule has 6 nitrogen and oxygen atoms in total. The fraction of sp³-hybridized carbons (Fsp3) is 0.318. The highest BCUT2D eigenvalue weighted by Gasteiger charge is 2.49. The first-order valence-electron chi connectivity index (χ1n) is 10.4. The number of alkyl halides is 2. The predicted molar refractivity (Wildman–Crippen MR) is 122 cm³/mol. The standard InChI is InChI=1S/C22H18ClF4N5OS/c23-15-6-14(3-4-16(15)24)32(21(34)31-10-22(11-31)8-28-9-22)7-13-2-1-12(5-17(13)25)19-29-30-20(33-19)18(26)27/h1-6,18,28H,7-11H2. The molecule has 0 radical (unpaired) electrons. The summed E-state index contributed by atoms with van der Waals surface area (Å²) in [7, 11) is 0. The minimum atomic E-state index is -2.92. The Kier molecular flexibility index (Phi) is 5.95. The molecule has 0 unspecified atom stereocenters. The van der Waals surface area contributed by atoms with Crippen LogP contribution in [0.25, 0.3) is 11.5 Å². The molecule has 3 heterocycles. The summed E-state index contributed by atoms with van der Waals surface area (Å²) in [5.41, 5.74) is 1.18. The van der Waals surface area contributed by atoms with Gasteiger partial charge in [0, 0.05) is 48.4 Å². The van der Waals surface area contributed by atoms with Gasteiger partial charge in [-0.25, -0.2) is 8.78 Å². The van der Waals surface area contributed by atoms with E-state index in [9.17, 15) is 13.2 Å². The van der Waals surface area contributed by atoms with Gasteiger partial charge in [0.1, 0.15) is 11.6 Å². The fourth-order valence-corrected chi connectivity index (χ4v) is 4.59. The molecule has 2 saturated heterocycles. The summed E-state index contributed by atoms with van der Waals surface area (Å²) in [6, 6.07) is 8.33. The first-order valence-corrected chi connectivity index (χ1v) is 11.2. The molecule has 1 N–H and O–H groups in total. The molecule has 1 aromatic heterocycles. The van der Waals surface area contributed by atoms with Crippen LogP contribution in [0.3, 0.4) is 0 Å². The number of nitrogens with one attached hydrogen (secondary N) is 1. The van der Waals surface area contributed by atoms with Crippen molar-refractivity contribution in [3.05, 3.63) is 64.5 Å². The zero-order chi connectivity index (χ0) is 24.0. The van der Waals surface area contributed by atoms with Crippen molar-refractivity contribution in [3.63, 3.8) is 0 Å². The Hall–Kier alpha value is -2.76. The lowest BCUT2D eigenvalue weighted by molar-refractivity contribution is 0.00757. The minimum absolute atomic E-state index is 0.0424. The second-order valence-electron chi connectivity index (χ2n) is 8.48. The second-order valence-corrected chi connectivity index (χ2v) is 9.25. The summed E-state index contributed by atoms with van der Waals surface area (Å²) >= 11 is 11.7. The van der Waals surface area contributed by atoms with Crippen molar-refractivity contribution in [1.29, 1.82) is 0 Å². The summed E-state index contributed by atoms with van der Waals surface area (Å²) in [6.07, 6.45) is -2.92. The maximum atomic E-state index is 15.1. The van der Waals surface area contributed by atoms with Gasteiger partial charge < -0.3 is 19.5 Å². The van der Waals surface area contributed by atoms with Crippen molar-refractivity contribution < 1.29 is 22.0 Å². The van der Waals surface area contributed by atoms with Gasteiger partial charge in [0.25, 0.3) is 5.89 Å². The molecule has 12 heteroatoms. The van der Waals surface area contributed by atoms with E-state index in [1.54, 1.807) is 4.90 Å². The summed E-state index contributed by atoms with van der Waals surface area (Å²) in [4.78, 5) is 3.71. The molecule has 5 rings (SSSR count). The van der Waals surface area contributed by atoms with Crippen molar-refractivity contribution in [3.8, 4) is 11.5 Å². The third kappa shape index (κ3) is 4.23. The molecule has 0 saturated carbocycles. The minimum Gasteiger partial charge on any atom is -0.415 e. The van der Waals surface area contributed by atoms with E-state index in [-0.39, 0.29) is 34.0 Å². The highest BCUT2D eigenvalue weighted by molar-refractivity contribution is 7.80. The quantitative estimate of drug-likeness (QED) is 0.390. The van der Waals surface area contributed by atoms with Crippen LogP contribution in [0.5, 0.6) is 0 Å². The number of hydrogen-bond donors (Lipinski definition) is 1. The van der Waals surface area contributed by atoms with E-state index in [0.29, 0.717) is 10.8 Å². The zero-order valence-corrected chi connectivity index (χ0v) is 19.1. The first kappa shape index (κ1) is 23.0. The molecule has 0 atom stereocenters. The first-order chi connectivity index (χ1) is 16.2. The van der Waals surface area contributed by atoms with Gasteiger partial charge in [0.05, 0.1) is 11.6 Å². The number of hydrogen-bond acceptors (Lipinski definition) is 5. The van der Waals surface area contributed by atoms with E-state index in [0.717, 1.165) is 32.2 Å². The summed E-state index contributed by atoms with van der Waals surface area (Å²) in [5, 5.41) is 10.5. The summed E-state index contributed by atoms with van der Waals surface area (Å²) < 4.78 is 59.2. The molecule has 2 fully saturated rings. The number of halogens is 5. The van der Waals surface area contributed by atoms with E-state index in [1.165, 1.54) is 30.3 Å². The molecule has 0 bridgehead atoms. The van der Waals surface area contributed by atoms with Crippen LogP contribution in [0, 0.1) is 17.0 Å². The van der Waals surface area contributed by atoms with Crippen LogP contribution < -0.4 is 10.2 Å². The fourth-order valence-electron chi connectivity index (χ4n) is 4.11. The maximum Gasteiger partial charge on any atom is 0.314 e. The maximum absolute atomic E-state index is 15.1. The third-order valence-corrected chi connectivity index (χ3v) is 6.79. The lowest BCUT2D eigenvalue weighted by Crippen LogP contribution is -2.73. The normalized spacial score (nSPS) is 16.5. The number of nitrogens with zero attached hydrogens (tertiary/aromatic N) is 4.